The Morgan fingerprint density at radius 1 is 0.400 bits per heavy atom. The molecule has 0 radical (unpaired) electrons. The minimum Gasteiger partial charge on any atom is -0.241 e. The van der Waals surface area contributed by atoms with E-state index >= 15 is 0 Å². The molecule has 0 saturated heterocycles. The first kappa shape index (κ1) is 40.3. The number of aryl methyl sites for hydroxylation is 2. The lowest BCUT2D eigenvalue weighted by atomic mass is 10.0. The van der Waals surface area contributed by atoms with E-state index in [9.17, 15) is 0 Å². The molecule has 0 aliphatic rings. The molecule has 0 N–H and O–H groups in total. The number of unbranched alkanes of at least 4 members (excludes halogenated alkanes) is 30. The van der Waals surface area contributed by atoms with Gasteiger partial charge in [0.2, 0.25) is 0 Å². The van der Waals surface area contributed by atoms with Crippen molar-refractivity contribution in [3.05, 3.63) is 28.8 Å². The van der Waals surface area contributed by atoms with E-state index in [1.54, 1.807) is 0 Å². The standard InChI is InChI=1S/C43H77NS/c1-3-5-7-9-11-13-15-17-19-21-23-25-27-29-31-33-36-40-37-35-38-41-43(40)44-42(45-41)39-34-32-30-28-26-24-22-20-18-16-14-12-10-8-6-4-2/h35,37-38H,3-34,36,39H2,1-2H3. The summed E-state index contributed by atoms with van der Waals surface area (Å²) in [6.45, 7) is 4.61. The van der Waals surface area contributed by atoms with Crippen molar-refractivity contribution < 1.29 is 0 Å². The molecule has 1 nitrogen and oxygen atoms in total. The van der Waals surface area contributed by atoms with Crippen LogP contribution in [-0.4, -0.2) is 4.98 Å². The van der Waals surface area contributed by atoms with Gasteiger partial charge in [0.25, 0.3) is 0 Å². The van der Waals surface area contributed by atoms with E-state index in [1.807, 2.05) is 11.3 Å². The van der Waals surface area contributed by atoms with Crippen LogP contribution in [0, 0.1) is 0 Å². The normalized spacial score (nSPS) is 11.7. The summed E-state index contributed by atoms with van der Waals surface area (Å²) in [5.41, 5.74) is 2.81. The Morgan fingerprint density at radius 2 is 0.733 bits per heavy atom. The highest BCUT2D eigenvalue weighted by Gasteiger charge is 2.08. The van der Waals surface area contributed by atoms with Gasteiger partial charge in [0, 0.05) is 0 Å². The predicted octanol–water partition coefficient (Wildman–Crippen LogP) is 15.9. The van der Waals surface area contributed by atoms with Crippen LogP contribution in [0.3, 0.4) is 0 Å². The van der Waals surface area contributed by atoms with Crippen molar-refractivity contribution in [3.8, 4) is 0 Å². The third kappa shape index (κ3) is 22.3. The third-order valence-corrected chi connectivity index (χ3v) is 11.2. The minimum absolute atomic E-state index is 1.18. The van der Waals surface area contributed by atoms with Crippen molar-refractivity contribution in [3.63, 3.8) is 0 Å². The van der Waals surface area contributed by atoms with Crippen LogP contribution in [0.25, 0.3) is 10.2 Å². The average molecular weight is 640 g/mol. The number of para-hydroxylation sites is 1. The lowest BCUT2D eigenvalue weighted by Crippen LogP contribution is -1.90. The summed E-state index contributed by atoms with van der Waals surface area (Å²) in [6, 6.07) is 6.90. The van der Waals surface area contributed by atoms with E-state index < -0.39 is 0 Å². The van der Waals surface area contributed by atoms with Crippen LogP contribution in [0.5, 0.6) is 0 Å². The van der Waals surface area contributed by atoms with E-state index in [0.717, 1.165) is 0 Å². The number of hydrogen-bond donors (Lipinski definition) is 0. The Balaban J connectivity index is 1.40. The molecule has 0 saturated carbocycles. The number of fused-ring (bicyclic) bond motifs is 1. The summed E-state index contributed by atoms with van der Waals surface area (Å²) in [5.74, 6) is 0. The van der Waals surface area contributed by atoms with Gasteiger partial charge in [0.05, 0.1) is 15.2 Å². The molecule has 1 aromatic heterocycles. The predicted molar refractivity (Wildman–Crippen MR) is 206 cm³/mol. The first-order valence-corrected chi connectivity index (χ1v) is 21.5. The monoisotopic (exact) mass is 640 g/mol. The lowest BCUT2D eigenvalue weighted by Gasteiger charge is -2.04. The van der Waals surface area contributed by atoms with Crippen molar-refractivity contribution in [2.75, 3.05) is 0 Å². The van der Waals surface area contributed by atoms with Crippen molar-refractivity contribution in [2.24, 2.45) is 0 Å². The first-order chi connectivity index (χ1) is 22.3. The maximum atomic E-state index is 5.13. The van der Waals surface area contributed by atoms with E-state index in [2.05, 4.69) is 32.0 Å². The van der Waals surface area contributed by atoms with Crippen LogP contribution in [0.2, 0.25) is 0 Å². The van der Waals surface area contributed by atoms with Gasteiger partial charge >= 0.3 is 0 Å². The fraction of sp³-hybridized carbons (Fsp3) is 0.837. The fourth-order valence-corrected chi connectivity index (χ4v) is 8.11. The highest BCUT2D eigenvalue weighted by Crippen LogP contribution is 2.27. The smallest absolute Gasteiger partial charge is 0.0938 e. The van der Waals surface area contributed by atoms with Crippen LogP contribution in [-0.2, 0) is 12.8 Å². The molecule has 0 amide bonds. The van der Waals surface area contributed by atoms with E-state index in [4.69, 9.17) is 4.98 Å². The summed E-state index contributed by atoms with van der Waals surface area (Å²) < 4.78 is 1.41. The molecule has 0 bridgehead atoms. The second-order valence-corrected chi connectivity index (χ2v) is 15.6. The molecule has 260 valence electrons. The molecule has 2 rings (SSSR count). The van der Waals surface area contributed by atoms with Gasteiger partial charge < -0.3 is 0 Å². The molecule has 1 heterocycles. The second kappa shape index (κ2) is 30.4. The molecule has 0 aliphatic carbocycles. The van der Waals surface area contributed by atoms with Gasteiger partial charge in [0.15, 0.2) is 0 Å². The molecule has 0 atom stereocenters. The number of benzene rings is 1. The second-order valence-electron chi connectivity index (χ2n) is 14.5. The maximum Gasteiger partial charge on any atom is 0.0938 e. The van der Waals surface area contributed by atoms with Gasteiger partial charge in [0.1, 0.15) is 0 Å². The largest absolute Gasteiger partial charge is 0.241 e. The summed E-state index contributed by atoms with van der Waals surface area (Å²) >= 11 is 1.95. The van der Waals surface area contributed by atoms with Crippen LogP contribution in [0.1, 0.15) is 230 Å². The highest BCUT2D eigenvalue weighted by molar-refractivity contribution is 7.18. The molecule has 1 aromatic carbocycles. The van der Waals surface area contributed by atoms with Crippen molar-refractivity contribution in [1.29, 1.82) is 0 Å². The molecular weight excluding hydrogens is 563 g/mol. The zero-order valence-corrected chi connectivity index (χ0v) is 31.4. The van der Waals surface area contributed by atoms with E-state index in [0.29, 0.717) is 0 Å². The number of rotatable bonds is 34. The molecule has 2 heteroatoms. The Hall–Kier alpha value is -0.890. The van der Waals surface area contributed by atoms with Crippen molar-refractivity contribution >= 4 is 21.6 Å². The van der Waals surface area contributed by atoms with Gasteiger partial charge in [-0.3, -0.25) is 0 Å². The minimum atomic E-state index is 1.18. The Kier molecular flexibility index (Phi) is 27.3. The molecular formula is C43H77NS. The Labute approximate surface area is 286 Å². The van der Waals surface area contributed by atoms with E-state index in [-0.39, 0.29) is 0 Å². The molecule has 0 spiro atoms. The Bertz CT molecular complexity index is 885. The SMILES string of the molecule is CCCCCCCCCCCCCCCCCCc1nc2c(CCCCCCCCCCCCCCCCCC)cccc2s1. The fourth-order valence-electron chi connectivity index (χ4n) is 7.05. The zero-order chi connectivity index (χ0) is 31.9. The number of aromatic nitrogens is 1. The van der Waals surface area contributed by atoms with Gasteiger partial charge in [-0.1, -0.05) is 219 Å². The van der Waals surface area contributed by atoms with Crippen LogP contribution >= 0.6 is 11.3 Å². The number of hydrogen-bond acceptors (Lipinski definition) is 2. The van der Waals surface area contributed by atoms with Crippen LogP contribution in [0.4, 0.5) is 0 Å². The van der Waals surface area contributed by atoms with Crippen LogP contribution in [0.15, 0.2) is 18.2 Å². The molecule has 0 unspecified atom stereocenters. The molecule has 45 heavy (non-hydrogen) atoms. The maximum absolute atomic E-state index is 5.13. The average Bonchev–Trinajstić information content (AvgIpc) is 3.48. The topological polar surface area (TPSA) is 12.9 Å². The zero-order valence-electron chi connectivity index (χ0n) is 30.6. The van der Waals surface area contributed by atoms with Crippen molar-refractivity contribution in [2.45, 2.75) is 232 Å². The quantitative estimate of drug-likeness (QED) is 0.0694. The molecule has 0 fully saturated rings. The van der Waals surface area contributed by atoms with Gasteiger partial charge in [-0.2, -0.15) is 0 Å². The molecule has 0 aliphatic heterocycles. The summed E-state index contributed by atoms with van der Waals surface area (Å²) in [7, 11) is 0. The number of nitrogens with zero attached hydrogens (tertiary/aromatic N) is 1. The lowest BCUT2D eigenvalue weighted by molar-refractivity contribution is 0.529. The molecule has 2 aromatic rings. The first-order valence-electron chi connectivity index (χ1n) is 20.7. The summed E-state index contributed by atoms with van der Waals surface area (Å²) in [4.78, 5) is 5.13. The third-order valence-electron chi connectivity index (χ3n) is 10.1. The van der Waals surface area contributed by atoms with Gasteiger partial charge in [-0.15, -0.1) is 11.3 Å². The van der Waals surface area contributed by atoms with E-state index in [1.165, 1.54) is 239 Å². The van der Waals surface area contributed by atoms with Gasteiger partial charge in [-0.05, 0) is 37.3 Å². The van der Waals surface area contributed by atoms with Crippen molar-refractivity contribution in [1.82, 2.24) is 4.98 Å². The van der Waals surface area contributed by atoms with Gasteiger partial charge in [-0.25, -0.2) is 4.98 Å². The summed E-state index contributed by atoms with van der Waals surface area (Å²) in [5, 5.41) is 1.37. The highest BCUT2D eigenvalue weighted by atomic mass is 32.1. The number of thiazole rings is 1. The van der Waals surface area contributed by atoms with Crippen LogP contribution < -0.4 is 0 Å². The summed E-state index contributed by atoms with van der Waals surface area (Å²) in [6.07, 6.45) is 48.3. The Morgan fingerprint density at radius 3 is 1.11 bits per heavy atom.